The fraction of sp³-hybridized carbons (Fsp3) is 0. The maximum absolute atomic E-state index is 11.5. The average Bonchev–Trinajstić information content (AvgIpc) is 4.06. The Morgan fingerprint density at radius 1 is 0.375 bits per heavy atom. The molecule has 64 heavy (non-hydrogen) atoms. The molecular formula is C58H40N4O2. The minimum absolute atomic E-state index is 0.114. The molecule has 0 radical (unpaired) electrons. The van der Waals surface area contributed by atoms with Gasteiger partial charge in [-0.25, -0.2) is 0 Å². The standard InChI is InChI=1S/C32H22N2.C26H18N2O2/c1-3-9-22(10-4-1)32-21-25-19-23(16-18-31(25)34(32)26-11-5-2-6-12-26)24-15-17-28-27-13-7-8-14-29(27)33-30(28)20-24;29-28(30)25-14-8-7-13-23(25)20-15-16-24-21(17-20)18-26(19-9-3-1-4-10-19)27(24)22-11-5-2-6-12-22/h1-21,33H;1-18H. The van der Waals surface area contributed by atoms with E-state index >= 15 is 0 Å². The summed E-state index contributed by atoms with van der Waals surface area (Å²) in [6.07, 6.45) is 0. The van der Waals surface area contributed by atoms with Crippen molar-refractivity contribution in [3.63, 3.8) is 0 Å². The zero-order valence-corrected chi connectivity index (χ0v) is 34.7. The molecule has 9 aromatic carbocycles. The maximum Gasteiger partial charge on any atom is 0.277 e. The van der Waals surface area contributed by atoms with Gasteiger partial charge in [0.25, 0.3) is 5.69 Å². The van der Waals surface area contributed by atoms with E-state index in [0.29, 0.717) is 5.56 Å². The second-order valence-electron chi connectivity index (χ2n) is 15.9. The normalized spacial score (nSPS) is 11.2. The van der Waals surface area contributed by atoms with Crippen LogP contribution >= 0.6 is 0 Å². The summed E-state index contributed by atoms with van der Waals surface area (Å²) < 4.78 is 4.59. The van der Waals surface area contributed by atoms with Crippen LogP contribution in [0.15, 0.2) is 237 Å². The summed E-state index contributed by atoms with van der Waals surface area (Å²) >= 11 is 0. The Balaban J connectivity index is 0.000000144. The molecule has 304 valence electrons. The van der Waals surface area contributed by atoms with E-state index in [1.54, 1.807) is 18.2 Å². The summed E-state index contributed by atoms with van der Waals surface area (Å²) in [5, 5.41) is 16.3. The van der Waals surface area contributed by atoms with E-state index in [2.05, 4.69) is 172 Å². The van der Waals surface area contributed by atoms with Crippen molar-refractivity contribution in [3.05, 3.63) is 247 Å². The molecular weight excluding hydrogens is 785 g/mol. The number of fused-ring (bicyclic) bond motifs is 5. The van der Waals surface area contributed by atoms with E-state index in [1.165, 1.54) is 60.8 Å². The monoisotopic (exact) mass is 824 g/mol. The predicted molar refractivity (Wildman–Crippen MR) is 264 cm³/mol. The van der Waals surface area contributed by atoms with Crippen LogP contribution in [-0.2, 0) is 0 Å². The first kappa shape index (κ1) is 38.2. The number of hydrogen-bond acceptors (Lipinski definition) is 2. The molecule has 0 unspecified atom stereocenters. The van der Waals surface area contributed by atoms with E-state index in [-0.39, 0.29) is 10.6 Å². The third-order valence-electron chi connectivity index (χ3n) is 12.0. The lowest BCUT2D eigenvalue weighted by molar-refractivity contribution is -0.384. The maximum atomic E-state index is 11.5. The summed E-state index contributed by atoms with van der Waals surface area (Å²) in [4.78, 5) is 14.7. The van der Waals surface area contributed by atoms with Gasteiger partial charge in [-0.15, -0.1) is 0 Å². The Kier molecular flexibility index (Phi) is 9.71. The minimum atomic E-state index is -0.329. The summed E-state index contributed by atoms with van der Waals surface area (Å²) in [7, 11) is 0. The average molecular weight is 825 g/mol. The molecule has 0 spiro atoms. The van der Waals surface area contributed by atoms with Crippen LogP contribution in [0.4, 0.5) is 5.69 Å². The molecule has 0 saturated carbocycles. The highest BCUT2D eigenvalue weighted by Gasteiger charge is 2.18. The number of benzene rings is 9. The zero-order chi connectivity index (χ0) is 43.0. The van der Waals surface area contributed by atoms with Crippen molar-refractivity contribution in [2.24, 2.45) is 0 Å². The Hall–Kier alpha value is -8.74. The van der Waals surface area contributed by atoms with Gasteiger partial charge in [-0.2, -0.15) is 0 Å². The Morgan fingerprint density at radius 3 is 1.42 bits per heavy atom. The summed E-state index contributed by atoms with van der Waals surface area (Å²) in [6, 6.07) is 81.1. The second-order valence-corrected chi connectivity index (χ2v) is 15.9. The molecule has 0 bridgehead atoms. The number of hydrogen-bond donors (Lipinski definition) is 1. The van der Waals surface area contributed by atoms with Gasteiger partial charge in [0.15, 0.2) is 0 Å². The van der Waals surface area contributed by atoms with E-state index < -0.39 is 0 Å². The summed E-state index contributed by atoms with van der Waals surface area (Å²) in [5.74, 6) is 0. The van der Waals surface area contributed by atoms with Crippen molar-refractivity contribution in [3.8, 4) is 56.1 Å². The van der Waals surface area contributed by atoms with E-state index in [1.807, 2.05) is 60.7 Å². The number of nitrogens with one attached hydrogen (secondary N) is 1. The predicted octanol–water partition coefficient (Wildman–Crippen LogP) is 15.5. The van der Waals surface area contributed by atoms with Gasteiger partial charge in [0.05, 0.1) is 32.9 Å². The fourth-order valence-electron chi connectivity index (χ4n) is 9.04. The van der Waals surface area contributed by atoms with Crippen LogP contribution < -0.4 is 0 Å². The van der Waals surface area contributed by atoms with Crippen LogP contribution in [0.25, 0.3) is 99.8 Å². The number of H-pyrrole nitrogens is 1. The quantitative estimate of drug-likeness (QED) is 0.128. The number of rotatable bonds is 7. The van der Waals surface area contributed by atoms with Crippen molar-refractivity contribution in [2.75, 3.05) is 0 Å². The number of aromatic amines is 1. The van der Waals surface area contributed by atoms with Gasteiger partial charge in [-0.05, 0) is 107 Å². The van der Waals surface area contributed by atoms with Crippen molar-refractivity contribution >= 4 is 49.3 Å². The first-order chi connectivity index (χ1) is 31.6. The molecule has 0 aliphatic heterocycles. The number of nitrogens with zero attached hydrogens (tertiary/aromatic N) is 3. The van der Waals surface area contributed by atoms with Gasteiger partial charge < -0.3 is 14.1 Å². The molecule has 1 N–H and O–H groups in total. The van der Waals surface area contributed by atoms with Crippen LogP contribution in [0.5, 0.6) is 0 Å². The lowest BCUT2D eigenvalue weighted by Crippen LogP contribution is -1.96. The highest BCUT2D eigenvalue weighted by atomic mass is 16.6. The molecule has 12 rings (SSSR count). The van der Waals surface area contributed by atoms with E-state index in [4.69, 9.17) is 0 Å². The highest BCUT2D eigenvalue weighted by molar-refractivity contribution is 6.08. The smallest absolute Gasteiger partial charge is 0.277 e. The fourth-order valence-corrected chi connectivity index (χ4v) is 9.04. The van der Waals surface area contributed by atoms with Gasteiger partial charge in [0.2, 0.25) is 0 Å². The van der Waals surface area contributed by atoms with Gasteiger partial charge in [0.1, 0.15) is 0 Å². The lowest BCUT2D eigenvalue weighted by Gasteiger charge is -2.11. The highest BCUT2D eigenvalue weighted by Crippen LogP contribution is 2.38. The SMILES string of the molecule is O=[N+]([O-])c1ccccc1-c1ccc2c(c1)cc(-c1ccccc1)n2-c1ccccc1.c1ccc(-c2cc3cc(-c4ccc5c(c4)[nH]c4ccccc45)ccc3n2-c2ccccc2)cc1. The molecule has 3 aromatic heterocycles. The van der Waals surface area contributed by atoms with Crippen LogP contribution in [-0.4, -0.2) is 19.0 Å². The van der Waals surface area contributed by atoms with Crippen molar-refractivity contribution < 1.29 is 4.92 Å². The summed E-state index contributed by atoms with van der Waals surface area (Å²) in [6.45, 7) is 0. The van der Waals surface area contributed by atoms with Crippen LogP contribution in [0.3, 0.4) is 0 Å². The molecule has 0 aliphatic rings. The Bertz CT molecular complexity index is 3630. The van der Waals surface area contributed by atoms with E-state index in [9.17, 15) is 10.1 Å². The first-order valence-electron chi connectivity index (χ1n) is 21.3. The number of para-hydroxylation sites is 4. The molecule has 0 aliphatic carbocycles. The van der Waals surface area contributed by atoms with Gasteiger partial charge in [-0.1, -0.05) is 152 Å². The third kappa shape index (κ3) is 6.99. The summed E-state index contributed by atoms with van der Waals surface area (Å²) in [5.41, 5.74) is 15.5. The van der Waals surface area contributed by atoms with Crippen molar-refractivity contribution in [2.45, 2.75) is 0 Å². The van der Waals surface area contributed by atoms with Gasteiger partial charge >= 0.3 is 0 Å². The topological polar surface area (TPSA) is 68.8 Å². The second kappa shape index (κ2) is 16.3. The number of aromatic nitrogens is 3. The molecule has 6 heteroatoms. The molecule has 12 aromatic rings. The van der Waals surface area contributed by atoms with Gasteiger partial charge in [0, 0.05) is 50.0 Å². The molecule has 0 atom stereocenters. The Labute approximate surface area is 369 Å². The molecule has 0 amide bonds. The molecule has 3 heterocycles. The molecule has 0 fully saturated rings. The number of nitro benzene ring substituents is 1. The van der Waals surface area contributed by atoms with Crippen LogP contribution in [0.1, 0.15) is 0 Å². The number of nitro groups is 1. The van der Waals surface area contributed by atoms with Crippen LogP contribution in [0, 0.1) is 10.1 Å². The van der Waals surface area contributed by atoms with Gasteiger partial charge in [-0.3, -0.25) is 10.1 Å². The van der Waals surface area contributed by atoms with Crippen molar-refractivity contribution in [1.29, 1.82) is 0 Å². The molecule has 0 saturated heterocycles. The molecule has 6 nitrogen and oxygen atoms in total. The van der Waals surface area contributed by atoms with E-state index in [0.717, 1.165) is 33.4 Å². The largest absolute Gasteiger partial charge is 0.354 e. The lowest BCUT2D eigenvalue weighted by atomic mass is 10.0. The van der Waals surface area contributed by atoms with Crippen molar-refractivity contribution in [1.82, 2.24) is 14.1 Å². The third-order valence-corrected chi connectivity index (χ3v) is 12.0. The first-order valence-corrected chi connectivity index (χ1v) is 21.3. The zero-order valence-electron chi connectivity index (χ0n) is 34.7. The minimum Gasteiger partial charge on any atom is -0.354 e. The Morgan fingerprint density at radius 2 is 0.828 bits per heavy atom. The van der Waals surface area contributed by atoms with Crippen LogP contribution in [0.2, 0.25) is 0 Å².